The first-order valence-electron chi connectivity index (χ1n) is 10.3. The van der Waals surface area contributed by atoms with Crippen LogP contribution >= 0.6 is 0 Å². The molecule has 146 valence electrons. The zero-order valence-corrected chi connectivity index (χ0v) is 17.3. The van der Waals surface area contributed by atoms with Crippen LogP contribution in [0.3, 0.4) is 0 Å². The Balaban J connectivity index is 1.77. The van der Waals surface area contributed by atoms with Crippen LogP contribution in [-0.2, 0) is 5.41 Å². The Morgan fingerprint density at radius 2 is 1.47 bits per heavy atom. The molecule has 0 aliphatic rings. The summed E-state index contributed by atoms with van der Waals surface area (Å²) in [5.41, 5.74) is 6.41. The molecule has 3 heterocycles. The Kier molecular flexibility index (Phi) is 3.43. The number of imidazole rings is 1. The predicted octanol–water partition coefficient (Wildman–Crippen LogP) is 7.35. The van der Waals surface area contributed by atoms with Crippen molar-refractivity contribution in [3.63, 3.8) is 0 Å². The number of fused-ring (bicyclic) bond motifs is 5. The van der Waals surface area contributed by atoms with E-state index in [9.17, 15) is 0 Å². The Hall–Kier alpha value is -3.59. The number of hydrogen-bond acceptors (Lipinski definition) is 2. The van der Waals surface area contributed by atoms with Gasteiger partial charge < -0.3 is 8.82 Å². The first-order valence-corrected chi connectivity index (χ1v) is 10.3. The molecule has 0 amide bonds. The molecular formula is C27H22N2O. The lowest BCUT2D eigenvalue weighted by molar-refractivity contribution is 0.567. The largest absolute Gasteiger partial charge is 0.456 e. The van der Waals surface area contributed by atoms with Crippen molar-refractivity contribution in [3.05, 3.63) is 84.8 Å². The zero-order chi connectivity index (χ0) is 20.5. The average molecular weight is 390 g/mol. The van der Waals surface area contributed by atoms with Crippen molar-refractivity contribution in [2.45, 2.75) is 26.2 Å². The molecule has 0 unspecified atom stereocenters. The van der Waals surface area contributed by atoms with Gasteiger partial charge >= 0.3 is 0 Å². The summed E-state index contributed by atoms with van der Waals surface area (Å²) >= 11 is 0. The normalized spacial score (nSPS) is 12.5. The maximum absolute atomic E-state index is 6.05. The minimum Gasteiger partial charge on any atom is -0.456 e. The van der Waals surface area contributed by atoms with Gasteiger partial charge in [-0.1, -0.05) is 69.3 Å². The van der Waals surface area contributed by atoms with Gasteiger partial charge in [-0.2, -0.15) is 0 Å². The molecule has 6 rings (SSSR count). The van der Waals surface area contributed by atoms with Crippen LogP contribution in [0.5, 0.6) is 0 Å². The van der Waals surface area contributed by atoms with Crippen LogP contribution in [-0.4, -0.2) is 9.38 Å². The topological polar surface area (TPSA) is 30.4 Å². The molecule has 0 fully saturated rings. The number of aromatic nitrogens is 2. The lowest BCUT2D eigenvalue weighted by Gasteiger charge is -2.25. The van der Waals surface area contributed by atoms with E-state index in [4.69, 9.17) is 9.40 Å². The fourth-order valence-corrected chi connectivity index (χ4v) is 4.76. The first-order chi connectivity index (χ1) is 14.5. The molecule has 0 N–H and O–H groups in total. The third-order valence-corrected chi connectivity index (χ3v) is 5.93. The highest BCUT2D eigenvalue weighted by Crippen LogP contribution is 2.40. The number of furan rings is 1. The van der Waals surface area contributed by atoms with Gasteiger partial charge in [-0.3, -0.25) is 0 Å². The van der Waals surface area contributed by atoms with Gasteiger partial charge in [0, 0.05) is 45.2 Å². The van der Waals surface area contributed by atoms with Crippen LogP contribution in [0.15, 0.2) is 83.5 Å². The SMILES string of the molecule is CC(C)(C)c1c2ccccc2c(-c2ccc3oc4ccccc4c3c2)c2nccn12. The molecule has 3 heteroatoms. The molecule has 3 nitrogen and oxygen atoms in total. The van der Waals surface area contributed by atoms with Gasteiger partial charge in [0.05, 0.1) is 0 Å². The van der Waals surface area contributed by atoms with Crippen molar-refractivity contribution in [2.75, 3.05) is 0 Å². The Labute approximate surface area is 174 Å². The van der Waals surface area contributed by atoms with Crippen LogP contribution in [0.1, 0.15) is 26.5 Å². The highest BCUT2D eigenvalue weighted by molar-refractivity contribution is 6.10. The molecular weight excluding hydrogens is 368 g/mol. The molecule has 6 aromatic rings. The van der Waals surface area contributed by atoms with Crippen molar-refractivity contribution < 1.29 is 4.42 Å². The van der Waals surface area contributed by atoms with Crippen molar-refractivity contribution in [1.29, 1.82) is 0 Å². The summed E-state index contributed by atoms with van der Waals surface area (Å²) in [7, 11) is 0. The first kappa shape index (κ1) is 17.3. The van der Waals surface area contributed by atoms with Gasteiger partial charge in [-0.15, -0.1) is 0 Å². The second kappa shape index (κ2) is 5.96. The molecule has 0 spiro atoms. The molecule has 0 atom stereocenters. The Morgan fingerprint density at radius 3 is 2.27 bits per heavy atom. The van der Waals surface area contributed by atoms with E-state index < -0.39 is 0 Å². The van der Waals surface area contributed by atoms with Crippen molar-refractivity contribution >= 4 is 38.4 Å². The van der Waals surface area contributed by atoms with Gasteiger partial charge in [0.2, 0.25) is 0 Å². The maximum atomic E-state index is 6.05. The summed E-state index contributed by atoms with van der Waals surface area (Å²) in [6.07, 6.45) is 3.98. The fourth-order valence-electron chi connectivity index (χ4n) is 4.76. The van der Waals surface area contributed by atoms with Gasteiger partial charge in [0.25, 0.3) is 0 Å². The van der Waals surface area contributed by atoms with E-state index >= 15 is 0 Å². The second-order valence-electron chi connectivity index (χ2n) is 8.95. The number of benzene rings is 3. The number of hydrogen-bond donors (Lipinski definition) is 0. The third-order valence-electron chi connectivity index (χ3n) is 5.93. The van der Waals surface area contributed by atoms with Crippen LogP contribution in [0.25, 0.3) is 49.5 Å². The van der Waals surface area contributed by atoms with Crippen LogP contribution in [0.4, 0.5) is 0 Å². The van der Waals surface area contributed by atoms with Gasteiger partial charge in [0.15, 0.2) is 0 Å². The fraction of sp³-hybridized carbons (Fsp3) is 0.148. The summed E-state index contributed by atoms with van der Waals surface area (Å²) in [6.45, 7) is 6.78. The smallest absolute Gasteiger partial charge is 0.145 e. The molecule has 3 aromatic heterocycles. The third kappa shape index (κ3) is 2.35. The molecule has 0 aliphatic carbocycles. The van der Waals surface area contributed by atoms with Crippen molar-refractivity contribution in [3.8, 4) is 11.1 Å². The minimum absolute atomic E-state index is 0.0121. The van der Waals surface area contributed by atoms with Crippen LogP contribution in [0, 0.1) is 0 Å². The van der Waals surface area contributed by atoms with E-state index in [0.717, 1.165) is 38.7 Å². The lowest BCUT2D eigenvalue weighted by Crippen LogP contribution is -2.17. The van der Waals surface area contributed by atoms with E-state index in [2.05, 4.69) is 86.0 Å². The van der Waals surface area contributed by atoms with E-state index in [1.807, 2.05) is 18.3 Å². The number of para-hydroxylation sites is 1. The van der Waals surface area contributed by atoms with Crippen molar-refractivity contribution in [2.24, 2.45) is 0 Å². The molecule has 30 heavy (non-hydrogen) atoms. The summed E-state index contributed by atoms with van der Waals surface area (Å²) in [4.78, 5) is 4.79. The molecule has 0 bridgehead atoms. The number of rotatable bonds is 1. The second-order valence-corrected chi connectivity index (χ2v) is 8.95. The minimum atomic E-state index is -0.0121. The predicted molar refractivity (Wildman–Crippen MR) is 124 cm³/mol. The van der Waals surface area contributed by atoms with Crippen LogP contribution in [0.2, 0.25) is 0 Å². The van der Waals surface area contributed by atoms with E-state index in [1.54, 1.807) is 0 Å². The molecule has 0 saturated carbocycles. The van der Waals surface area contributed by atoms with Crippen LogP contribution < -0.4 is 0 Å². The lowest BCUT2D eigenvalue weighted by atomic mass is 9.86. The molecule has 0 saturated heterocycles. The zero-order valence-electron chi connectivity index (χ0n) is 17.3. The summed E-state index contributed by atoms with van der Waals surface area (Å²) in [5, 5.41) is 4.78. The van der Waals surface area contributed by atoms with Gasteiger partial charge in [-0.05, 0) is 29.1 Å². The van der Waals surface area contributed by atoms with E-state index in [0.29, 0.717) is 0 Å². The maximum Gasteiger partial charge on any atom is 0.145 e. The van der Waals surface area contributed by atoms with Gasteiger partial charge in [-0.25, -0.2) is 4.98 Å². The Morgan fingerprint density at radius 1 is 0.767 bits per heavy atom. The molecule has 3 aromatic carbocycles. The highest BCUT2D eigenvalue weighted by atomic mass is 16.3. The quantitative estimate of drug-likeness (QED) is 0.294. The summed E-state index contributed by atoms with van der Waals surface area (Å²) < 4.78 is 8.31. The van der Waals surface area contributed by atoms with E-state index in [1.165, 1.54) is 16.5 Å². The number of nitrogens with zero attached hydrogens (tertiary/aromatic N) is 2. The molecule has 0 radical (unpaired) electrons. The highest BCUT2D eigenvalue weighted by Gasteiger charge is 2.24. The van der Waals surface area contributed by atoms with E-state index in [-0.39, 0.29) is 5.41 Å². The average Bonchev–Trinajstić information content (AvgIpc) is 3.35. The molecule has 0 aliphatic heterocycles. The monoisotopic (exact) mass is 390 g/mol. The van der Waals surface area contributed by atoms with Crippen molar-refractivity contribution in [1.82, 2.24) is 9.38 Å². The standard InChI is InChI=1S/C27H22N2O/c1-27(2,3)25-20-10-5-4-9-19(20)24(26-28-14-15-29(25)26)17-12-13-23-21(16-17)18-8-6-7-11-22(18)30-23/h4-16H,1-3H3. The Bertz CT molecular complexity index is 1580. The van der Waals surface area contributed by atoms with Gasteiger partial charge in [0.1, 0.15) is 16.8 Å². The summed E-state index contributed by atoms with van der Waals surface area (Å²) in [5.74, 6) is 0. The summed E-state index contributed by atoms with van der Waals surface area (Å²) in [6, 6.07) is 23.4. The number of pyridine rings is 1.